The van der Waals surface area contributed by atoms with Gasteiger partial charge in [-0.25, -0.2) is 9.97 Å². The number of aliphatic hydroxyl groups is 1. The molecule has 4 N–H and O–H groups in total. The smallest absolute Gasteiger partial charge is 0.150 e. The van der Waals surface area contributed by atoms with Crippen molar-refractivity contribution in [2.24, 2.45) is 0 Å². The molecular weight excluding hydrogens is 302 g/mol. The monoisotopic (exact) mass is 319 g/mol. The predicted octanol–water partition coefficient (Wildman–Crippen LogP) is 2.81. The molecule has 1 aromatic carbocycles. The van der Waals surface area contributed by atoms with E-state index < -0.39 is 0 Å². The molecule has 3 aromatic heterocycles. The molecule has 6 nitrogen and oxygen atoms in total. The highest BCUT2D eigenvalue weighted by Gasteiger charge is 2.12. The molecule has 0 unspecified atom stereocenters. The van der Waals surface area contributed by atoms with Crippen LogP contribution in [-0.2, 0) is 13.0 Å². The van der Waals surface area contributed by atoms with Crippen molar-refractivity contribution in [3.63, 3.8) is 0 Å². The number of rotatable bonds is 3. The maximum absolute atomic E-state index is 9.28. The number of hydrogen-bond acceptors (Lipinski definition) is 5. The summed E-state index contributed by atoms with van der Waals surface area (Å²) in [6, 6.07) is 7.91. The minimum atomic E-state index is -0.0344. The Morgan fingerprint density at radius 3 is 2.79 bits per heavy atom. The van der Waals surface area contributed by atoms with Gasteiger partial charge in [0, 0.05) is 29.8 Å². The summed E-state index contributed by atoms with van der Waals surface area (Å²) in [7, 11) is 0. The summed E-state index contributed by atoms with van der Waals surface area (Å²) in [6.45, 7) is 2.01. The third kappa shape index (κ3) is 2.28. The number of hydrogen-bond donors (Lipinski definition) is 3. The molecule has 4 aromatic rings. The van der Waals surface area contributed by atoms with Crippen molar-refractivity contribution in [2.75, 3.05) is 5.73 Å². The first-order chi connectivity index (χ1) is 11.7. The van der Waals surface area contributed by atoms with Gasteiger partial charge in [0.2, 0.25) is 0 Å². The van der Waals surface area contributed by atoms with Crippen molar-refractivity contribution < 1.29 is 5.11 Å². The van der Waals surface area contributed by atoms with Gasteiger partial charge in [0.15, 0.2) is 0 Å². The third-order valence-corrected chi connectivity index (χ3v) is 4.15. The Morgan fingerprint density at radius 1 is 1.12 bits per heavy atom. The van der Waals surface area contributed by atoms with Gasteiger partial charge in [-0.3, -0.25) is 4.98 Å². The highest BCUT2D eigenvalue weighted by molar-refractivity contribution is 6.07. The summed E-state index contributed by atoms with van der Waals surface area (Å²) in [4.78, 5) is 16.5. The molecule has 0 saturated heterocycles. The van der Waals surface area contributed by atoms with Crippen LogP contribution in [0.2, 0.25) is 0 Å². The average Bonchev–Trinajstić information content (AvgIpc) is 3.07. The van der Waals surface area contributed by atoms with E-state index >= 15 is 0 Å². The van der Waals surface area contributed by atoms with Crippen LogP contribution in [0.3, 0.4) is 0 Å². The Bertz CT molecular complexity index is 1050. The van der Waals surface area contributed by atoms with Gasteiger partial charge in [-0.05, 0) is 29.3 Å². The molecule has 0 aliphatic heterocycles. The van der Waals surface area contributed by atoms with E-state index in [9.17, 15) is 5.11 Å². The number of nitrogens with zero attached hydrogens (tertiary/aromatic N) is 3. The fourth-order valence-corrected chi connectivity index (χ4v) is 2.89. The first-order valence-electron chi connectivity index (χ1n) is 7.82. The van der Waals surface area contributed by atoms with E-state index in [4.69, 9.17) is 5.73 Å². The number of aromatic amines is 1. The molecule has 24 heavy (non-hydrogen) atoms. The largest absolute Gasteiger partial charge is 0.392 e. The minimum Gasteiger partial charge on any atom is -0.392 e. The second-order valence-corrected chi connectivity index (χ2v) is 5.73. The zero-order chi connectivity index (χ0) is 16.7. The number of aromatic nitrogens is 4. The summed E-state index contributed by atoms with van der Waals surface area (Å²) in [5.41, 5.74) is 11.2. The molecule has 0 atom stereocenters. The summed E-state index contributed by atoms with van der Waals surface area (Å²) in [5.74, 6) is 1.35. The van der Waals surface area contributed by atoms with Gasteiger partial charge in [-0.1, -0.05) is 13.0 Å². The predicted molar refractivity (Wildman–Crippen MR) is 94.3 cm³/mol. The van der Waals surface area contributed by atoms with Crippen LogP contribution < -0.4 is 5.73 Å². The number of nitrogens with one attached hydrogen (secondary N) is 1. The Kier molecular flexibility index (Phi) is 3.39. The van der Waals surface area contributed by atoms with Gasteiger partial charge in [0.05, 0.1) is 12.1 Å². The lowest BCUT2D eigenvalue weighted by atomic mass is 10.0. The van der Waals surface area contributed by atoms with Crippen molar-refractivity contribution in [3.8, 4) is 11.1 Å². The van der Waals surface area contributed by atoms with Gasteiger partial charge in [-0.2, -0.15) is 0 Å². The number of nitrogens with two attached hydrogens (primary N) is 1. The van der Waals surface area contributed by atoms with Gasteiger partial charge < -0.3 is 15.8 Å². The van der Waals surface area contributed by atoms with Crippen LogP contribution in [0.5, 0.6) is 0 Å². The SMILES string of the molecule is CCc1nc2c([nH]1)c(N)nc1cc(-c3cncc(CO)c3)ccc12. The van der Waals surface area contributed by atoms with Crippen LogP contribution >= 0.6 is 0 Å². The van der Waals surface area contributed by atoms with Crippen molar-refractivity contribution in [2.45, 2.75) is 20.0 Å². The number of fused-ring (bicyclic) bond motifs is 3. The molecule has 120 valence electrons. The normalized spacial score (nSPS) is 11.4. The number of benzene rings is 1. The fourth-order valence-electron chi connectivity index (χ4n) is 2.89. The van der Waals surface area contributed by atoms with Crippen molar-refractivity contribution >= 4 is 27.8 Å². The van der Waals surface area contributed by atoms with Crippen molar-refractivity contribution in [1.82, 2.24) is 19.9 Å². The number of imidazole rings is 1. The number of H-pyrrole nitrogens is 1. The van der Waals surface area contributed by atoms with Gasteiger partial charge >= 0.3 is 0 Å². The molecule has 0 aliphatic carbocycles. The number of anilines is 1. The minimum absolute atomic E-state index is 0.0344. The summed E-state index contributed by atoms with van der Waals surface area (Å²) in [5, 5.41) is 10.2. The lowest BCUT2D eigenvalue weighted by Crippen LogP contribution is -1.94. The van der Waals surface area contributed by atoms with Crippen LogP contribution in [0.4, 0.5) is 5.82 Å². The lowest BCUT2D eigenvalue weighted by Gasteiger charge is -2.06. The zero-order valence-electron chi connectivity index (χ0n) is 13.2. The van der Waals surface area contributed by atoms with Crippen LogP contribution in [0.15, 0.2) is 36.7 Å². The van der Waals surface area contributed by atoms with Crippen LogP contribution in [0, 0.1) is 0 Å². The second kappa shape index (κ2) is 5.58. The Balaban J connectivity index is 1.93. The summed E-state index contributed by atoms with van der Waals surface area (Å²) >= 11 is 0. The van der Waals surface area contributed by atoms with Crippen molar-refractivity contribution in [3.05, 3.63) is 48.0 Å². The van der Waals surface area contributed by atoms with Gasteiger partial charge in [0.1, 0.15) is 22.7 Å². The number of pyridine rings is 2. The number of nitrogen functional groups attached to an aromatic ring is 1. The Hall–Kier alpha value is -2.99. The molecule has 6 heteroatoms. The van der Waals surface area contributed by atoms with E-state index in [2.05, 4.69) is 19.9 Å². The molecular formula is C18H17N5O. The van der Waals surface area contributed by atoms with Crippen LogP contribution in [0.25, 0.3) is 33.1 Å². The molecule has 0 amide bonds. The highest BCUT2D eigenvalue weighted by Crippen LogP contribution is 2.30. The summed E-state index contributed by atoms with van der Waals surface area (Å²) in [6.07, 6.45) is 4.24. The zero-order valence-corrected chi connectivity index (χ0v) is 13.2. The van der Waals surface area contributed by atoms with E-state index in [0.29, 0.717) is 5.82 Å². The first-order valence-corrected chi connectivity index (χ1v) is 7.82. The average molecular weight is 319 g/mol. The molecule has 0 bridgehead atoms. The highest BCUT2D eigenvalue weighted by atomic mass is 16.3. The standard InChI is InChI=1S/C18H17N5O/c1-2-15-22-16-13-4-3-11(12-5-10(9-24)7-20-8-12)6-14(13)21-18(19)17(16)23-15/h3-8,24H,2,9H2,1H3,(H2,19,21)(H,22,23). The second-order valence-electron chi connectivity index (χ2n) is 5.73. The molecule has 0 spiro atoms. The number of aliphatic hydroxyl groups excluding tert-OH is 1. The Morgan fingerprint density at radius 2 is 2.00 bits per heavy atom. The number of aryl methyl sites for hydroxylation is 1. The van der Waals surface area contributed by atoms with E-state index in [-0.39, 0.29) is 6.61 Å². The maximum atomic E-state index is 9.28. The first kappa shape index (κ1) is 14.6. The van der Waals surface area contributed by atoms with E-state index in [1.54, 1.807) is 12.4 Å². The topological polar surface area (TPSA) is 101 Å². The van der Waals surface area contributed by atoms with E-state index in [0.717, 1.165) is 50.9 Å². The van der Waals surface area contributed by atoms with Crippen molar-refractivity contribution in [1.29, 1.82) is 0 Å². The van der Waals surface area contributed by atoms with E-state index in [1.165, 1.54) is 0 Å². The summed E-state index contributed by atoms with van der Waals surface area (Å²) < 4.78 is 0. The van der Waals surface area contributed by atoms with Crippen LogP contribution in [0.1, 0.15) is 18.3 Å². The lowest BCUT2D eigenvalue weighted by molar-refractivity contribution is 0.281. The quantitative estimate of drug-likeness (QED) is 0.539. The maximum Gasteiger partial charge on any atom is 0.150 e. The third-order valence-electron chi connectivity index (χ3n) is 4.15. The molecule has 0 aliphatic rings. The molecule has 0 radical (unpaired) electrons. The fraction of sp³-hybridized carbons (Fsp3) is 0.167. The Labute approximate surface area is 138 Å². The molecule has 4 rings (SSSR count). The molecule has 3 heterocycles. The van der Waals surface area contributed by atoms with Gasteiger partial charge in [-0.15, -0.1) is 0 Å². The van der Waals surface area contributed by atoms with Crippen LogP contribution in [-0.4, -0.2) is 25.0 Å². The molecule has 0 saturated carbocycles. The molecule has 0 fully saturated rings. The van der Waals surface area contributed by atoms with E-state index in [1.807, 2.05) is 31.2 Å². The van der Waals surface area contributed by atoms with Gasteiger partial charge in [0.25, 0.3) is 0 Å².